The van der Waals surface area contributed by atoms with E-state index in [1.165, 1.54) is 27.7 Å². The molecule has 104 valence electrons. The van der Waals surface area contributed by atoms with Crippen LogP contribution in [0.25, 0.3) is 0 Å². The first-order valence-corrected chi connectivity index (χ1v) is 5.57. The standard InChI is InChI=1S/C13H18N2O4/c1-7(2)11(16)9(5)14-13(18)15-10(6)19-12(17)8(3)4/h10H,1,3H2,2,4-6H3,(H,15,18)/b14-9+. The highest BCUT2D eigenvalue weighted by atomic mass is 16.6. The van der Waals surface area contributed by atoms with E-state index >= 15 is 0 Å². The normalized spacial score (nSPS) is 12.3. The summed E-state index contributed by atoms with van der Waals surface area (Å²) in [7, 11) is 0. The number of nitrogens with zero attached hydrogens (tertiary/aromatic N) is 1. The number of ether oxygens (including phenoxy) is 1. The highest BCUT2D eigenvalue weighted by molar-refractivity contribution is 6.45. The molecule has 0 aromatic heterocycles. The maximum absolute atomic E-state index is 11.4. The summed E-state index contributed by atoms with van der Waals surface area (Å²) < 4.78 is 4.83. The van der Waals surface area contributed by atoms with Crippen LogP contribution >= 0.6 is 0 Å². The number of allylic oxidation sites excluding steroid dienone is 1. The minimum Gasteiger partial charge on any atom is -0.439 e. The zero-order valence-electron chi connectivity index (χ0n) is 11.6. The summed E-state index contributed by atoms with van der Waals surface area (Å²) in [5.74, 6) is -1.02. The average Bonchev–Trinajstić information content (AvgIpc) is 2.26. The van der Waals surface area contributed by atoms with E-state index in [1.807, 2.05) is 0 Å². The molecule has 0 aromatic rings. The van der Waals surface area contributed by atoms with Gasteiger partial charge in [0.2, 0.25) is 5.78 Å². The number of urea groups is 1. The van der Waals surface area contributed by atoms with E-state index in [0.717, 1.165) is 0 Å². The number of aliphatic imine (C=N–C) groups is 1. The molecule has 0 aliphatic heterocycles. The van der Waals surface area contributed by atoms with E-state index in [0.29, 0.717) is 0 Å². The molecule has 0 radical (unpaired) electrons. The van der Waals surface area contributed by atoms with Crippen molar-refractivity contribution in [1.82, 2.24) is 5.32 Å². The fourth-order valence-corrected chi connectivity index (χ4v) is 1.01. The molecule has 0 bridgehead atoms. The first-order chi connectivity index (χ1) is 8.65. The van der Waals surface area contributed by atoms with Crippen molar-refractivity contribution in [2.75, 3.05) is 0 Å². The number of amides is 2. The second kappa shape index (κ2) is 7.25. The summed E-state index contributed by atoms with van der Waals surface area (Å²) in [6, 6.07) is -0.769. The van der Waals surface area contributed by atoms with Gasteiger partial charge < -0.3 is 10.1 Å². The third-order valence-corrected chi connectivity index (χ3v) is 1.94. The summed E-state index contributed by atoms with van der Waals surface area (Å²) in [5.41, 5.74) is 0.525. The Kier molecular flexibility index (Phi) is 6.40. The molecule has 0 heterocycles. The molecule has 0 aliphatic rings. The second-order valence-corrected chi connectivity index (χ2v) is 4.08. The van der Waals surface area contributed by atoms with Gasteiger partial charge in [-0.2, -0.15) is 4.99 Å². The molecular formula is C13H18N2O4. The third-order valence-electron chi connectivity index (χ3n) is 1.94. The number of hydrogen-bond donors (Lipinski definition) is 1. The molecule has 1 unspecified atom stereocenters. The number of rotatable bonds is 5. The molecule has 6 nitrogen and oxygen atoms in total. The van der Waals surface area contributed by atoms with Crippen LogP contribution in [-0.4, -0.2) is 29.7 Å². The summed E-state index contributed by atoms with van der Waals surface area (Å²) in [4.78, 5) is 37.6. The van der Waals surface area contributed by atoms with Gasteiger partial charge in [-0.15, -0.1) is 0 Å². The Balaban J connectivity index is 4.51. The molecule has 0 aromatic carbocycles. The van der Waals surface area contributed by atoms with Crippen molar-refractivity contribution in [3.8, 4) is 0 Å². The highest BCUT2D eigenvalue weighted by Gasteiger charge is 2.14. The number of ketones is 1. The van der Waals surface area contributed by atoms with Crippen LogP contribution in [0.2, 0.25) is 0 Å². The average molecular weight is 266 g/mol. The molecule has 1 N–H and O–H groups in total. The molecule has 0 saturated heterocycles. The van der Waals surface area contributed by atoms with Crippen molar-refractivity contribution in [3.05, 3.63) is 24.3 Å². The molecule has 6 heteroatoms. The topological polar surface area (TPSA) is 84.8 Å². The van der Waals surface area contributed by atoms with Gasteiger partial charge in [-0.3, -0.25) is 4.79 Å². The summed E-state index contributed by atoms with van der Waals surface area (Å²) >= 11 is 0. The van der Waals surface area contributed by atoms with E-state index in [4.69, 9.17) is 4.74 Å². The maximum Gasteiger partial charge on any atom is 0.344 e. The number of hydrogen-bond acceptors (Lipinski definition) is 4. The minimum atomic E-state index is -0.867. The van der Waals surface area contributed by atoms with E-state index in [9.17, 15) is 14.4 Å². The molecule has 0 fully saturated rings. The number of carbonyl (C=O) groups excluding carboxylic acids is 3. The van der Waals surface area contributed by atoms with Crippen LogP contribution in [0, 0.1) is 0 Å². The molecule has 19 heavy (non-hydrogen) atoms. The third kappa shape index (κ3) is 6.30. The monoisotopic (exact) mass is 266 g/mol. The van der Waals surface area contributed by atoms with Crippen molar-refractivity contribution in [2.24, 2.45) is 4.99 Å². The summed E-state index contributed by atoms with van der Waals surface area (Å²) in [5, 5.41) is 2.30. The number of esters is 1. The van der Waals surface area contributed by atoms with Crippen molar-refractivity contribution in [1.29, 1.82) is 0 Å². The van der Waals surface area contributed by atoms with Gasteiger partial charge in [0, 0.05) is 5.57 Å². The van der Waals surface area contributed by atoms with Gasteiger partial charge >= 0.3 is 12.0 Å². The second-order valence-electron chi connectivity index (χ2n) is 4.08. The summed E-state index contributed by atoms with van der Waals surface area (Å²) in [6.07, 6.45) is -0.867. The number of carbonyl (C=O) groups is 3. The lowest BCUT2D eigenvalue weighted by Gasteiger charge is -2.13. The predicted octanol–water partition coefficient (Wildman–Crippen LogP) is 1.77. The largest absolute Gasteiger partial charge is 0.439 e. The van der Waals surface area contributed by atoms with Gasteiger partial charge in [0.25, 0.3) is 0 Å². The lowest BCUT2D eigenvalue weighted by Crippen LogP contribution is -2.35. The van der Waals surface area contributed by atoms with Crippen LogP contribution in [0.3, 0.4) is 0 Å². The van der Waals surface area contributed by atoms with Gasteiger partial charge in [0.1, 0.15) is 0 Å². The Morgan fingerprint density at radius 3 is 2.05 bits per heavy atom. The molecule has 0 aliphatic carbocycles. The number of Topliss-reactive ketones (excluding diaryl/α,β-unsaturated/α-hetero) is 1. The summed E-state index contributed by atoms with van der Waals surface area (Å²) in [6.45, 7) is 12.8. The number of nitrogens with one attached hydrogen (secondary N) is 1. The van der Waals surface area contributed by atoms with Gasteiger partial charge in [-0.05, 0) is 33.3 Å². The Bertz CT molecular complexity index is 463. The van der Waals surface area contributed by atoms with Crippen LogP contribution < -0.4 is 5.32 Å². The first-order valence-electron chi connectivity index (χ1n) is 5.57. The fraction of sp³-hybridized carbons (Fsp3) is 0.385. The Morgan fingerprint density at radius 1 is 1.11 bits per heavy atom. The van der Waals surface area contributed by atoms with E-state index < -0.39 is 24.0 Å². The van der Waals surface area contributed by atoms with E-state index in [2.05, 4.69) is 23.5 Å². The van der Waals surface area contributed by atoms with Crippen molar-refractivity contribution in [3.63, 3.8) is 0 Å². The fourth-order valence-electron chi connectivity index (χ4n) is 1.01. The molecule has 1 atom stereocenters. The van der Waals surface area contributed by atoms with Crippen LogP contribution in [-0.2, 0) is 14.3 Å². The van der Waals surface area contributed by atoms with Crippen LogP contribution in [0.1, 0.15) is 27.7 Å². The van der Waals surface area contributed by atoms with Crippen molar-refractivity contribution in [2.45, 2.75) is 33.9 Å². The minimum absolute atomic E-state index is 0.0171. The van der Waals surface area contributed by atoms with Crippen LogP contribution in [0.4, 0.5) is 4.79 Å². The lowest BCUT2D eigenvalue weighted by molar-refractivity contribution is -0.144. The van der Waals surface area contributed by atoms with Crippen LogP contribution in [0.5, 0.6) is 0 Å². The zero-order chi connectivity index (χ0) is 15.2. The lowest BCUT2D eigenvalue weighted by atomic mass is 10.1. The zero-order valence-corrected chi connectivity index (χ0v) is 11.6. The molecule has 2 amide bonds. The van der Waals surface area contributed by atoms with Gasteiger partial charge in [0.15, 0.2) is 6.23 Å². The molecule has 0 saturated carbocycles. The Hall–Kier alpha value is -2.24. The Morgan fingerprint density at radius 2 is 1.63 bits per heavy atom. The first kappa shape index (κ1) is 16.8. The maximum atomic E-state index is 11.4. The van der Waals surface area contributed by atoms with Gasteiger partial charge in [-0.1, -0.05) is 13.2 Å². The van der Waals surface area contributed by atoms with Gasteiger partial charge in [0.05, 0.1) is 5.71 Å². The van der Waals surface area contributed by atoms with E-state index in [-0.39, 0.29) is 16.9 Å². The predicted molar refractivity (Wildman–Crippen MR) is 71.8 cm³/mol. The molecule has 0 spiro atoms. The Labute approximate surface area is 112 Å². The molecule has 0 rings (SSSR count). The highest BCUT2D eigenvalue weighted by Crippen LogP contribution is 1.97. The van der Waals surface area contributed by atoms with E-state index in [1.54, 1.807) is 0 Å². The smallest absolute Gasteiger partial charge is 0.344 e. The molecular weight excluding hydrogens is 248 g/mol. The SMILES string of the molecule is C=C(C)C(=O)OC(C)NC(=O)/N=C(\C)C(=O)C(=C)C. The van der Waals surface area contributed by atoms with Gasteiger partial charge in [-0.25, -0.2) is 9.59 Å². The van der Waals surface area contributed by atoms with Crippen molar-refractivity contribution < 1.29 is 19.1 Å². The van der Waals surface area contributed by atoms with Crippen molar-refractivity contribution >= 4 is 23.5 Å². The van der Waals surface area contributed by atoms with Crippen LogP contribution in [0.15, 0.2) is 29.3 Å². The quantitative estimate of drug-likeness (QED) is 0.355.